The molecule has 0 aliphatic heterocycles. The molecule has 17 heavy (non-hydrogen) atoms. The van der Waals surface area contributed by atoms with Gasteiger partial charge in [0.25, 0.3) is 5.91 Å². The van der Waals surface area contributed by atoms with Gasteiger partial charge in [-0.3, -0.25) is 4.79 Å². The first-order valence-corrected chi connectivity index (χ1v) is 6.01. The van der Waals surface area contributed by atoms with E-state index in [1.807, 2.05) is 13.8 Å². The lowest BCUT2D eigenvalue weighted by molar-refractivity contribution is 0.0819. The summed E-state index contributed by atoms with van der Waals surface area (Å²) in [5.41, 5.74) is 6.32. The zero-order valence-corrected chi connectivity index (χ0v) is 11.8. The van der Waals surface area contributed by atoms with Crippen molar-refractivity contribution < 1.29 is 9.53 Å². The fourth-order valence-corrected chi connectivity index (χ4v) is 1.92. The van der Waals surface area contributed by atoms with Gasteiger partial charge in [-0.2, -0.15) is 0 Å². The second-order valence-corrected chi connectivity index (χ2v) is 5.36. The van der Waals surface area contributed by atoms with Gasteiger partial charge in [0.2, 0.25) is 0 Å². The maximum Gasteiger partial charge on any atom is 0.252 e. The molecule has 1 aromatic carbocycles. The molecule has 94 valence electrons. The van der Waals surface area contributed by atoms with E-state index in [-0.39, 0.29) is 5.91 Å². The third kappa shape index (κ3) is 4.02. The molecule has 0 heterocycles. The van der Waals surface area contributed by atoms with Crippen LogP contribution in [-0.2, 0) is 4.74 Å². The van der Waals surface area contributed by atoms with Gasteiger partial charge >= 0.3 is 0 Å². The first-order valence-electron chi connectivity index (χ1n) is 5.22. The number of rotatable bonds is 4. The molecular weight excluding hydrogens is 284 g/mol. The second kappa shape index (κ2) is 5.51. The lowest BCUT2D eigenvalue weighted by Gasteiger charge is -2.25. The molecule has 0 aliphatic rings. The van der Waals surface area contributed by atoms with Crippen LogP contribution in [0.5, 0.6) is 0 Å². The Kier molecular flexibility index (Phi) is 4.54. The summed E-state index contributed by atoms with van der Waals surface area (Å²) >= 11 is 3.33. The van der Waals surface area contributed by atoms with Crippen LogP contribution in [0.25, 0.3) is 0 Å². The highest BCUT2D eigenvalue weighted by molar-refractivity contribution is 9.10. The molecule has 0 saturated carbocycles. The minimum atomic E-state index is -0.421. The molecule has 4 nitrogen and oxygen atoms in total. The van der Waals surface area contributed by atoms with Crippen LogP contribution >= 0.6 is 15.9 Å². The summed E-state index contributed by atoms with van der Waals surface area (Å²) in [6.07, 6.45) is 0. The molecule has 1 rings (SSSR count). The smallest absolute Gasteiger partial charge is 0.252 e. The van der Waals surface area contributed by atoms with E-state index in [2.05, 4.69) is 21.2 Å². The Morgan fingerprint density at radius 1 is 1.53 bits per heavy atom. The predicted octanol–water partition coefficient (Wildman–Crippen LogP) is 2.19. The third-order valence-corrected chi connectivity index (χ3v) is 2.88. The molecule has 5 heteroatoms. The van der Waals surface area contributed by atoms with Crippen molar-refractivity contribution in [2.24, 2.45) is 0 Å². The van der Waals surface area contributed by atoms with Gasteiger partial charge in [0.05, 0.1) is 17.7 Å². The second-order valence-electron chi connectivity index (χ2n) is 4.51. The molecule has 0 saturated heterocycles. The Morgan fingerprint density at radius 2 is 2.18 bits per heavy atom. The summed E-state index contributed by atoms with van der Waals surface area (Å²) < 4.78 is 5.77. The van der Waals surface area contributed by atoms with Gasteiger partial charge in [0.1, 0.15) is 0 Å². The summed E-state index contributed by atoms with van der Waals surface area (Å²) in [6.45, 7) is 4.24. The van der Waals surface area contributed by atoms with Crippen molar-refractivity contribution in [3.63, 3.8) is 0 Å². The minimum absolute atomic E-state index is 0.175. The molecule has 0 atom stereocenters. The fraction of sp³-hybridized carbons (Fsp3) is 0.417. The van der Waals surface area contributed by atoms with E-state index < -0.39 is 5.54 Å². The number of ether oxygens (including phenoxy) is 1. The lowest BCUT2D eigenvalue weighted by Crippen LogP contribution is -2.46. The molecule has 0 spiro atoms. The number of carbonyl (C=O) groups excluding carboxylic acids is 1. The molecular formula is C12H17BrN2O2. The van der Waals surface area contributed by atoms with Gasteiger partial charge in [-0.05, 0) is 48.0 Å². The zero-order chi connectivity index (χ0) is 13.1. The van der Waals surface area contributed by atoms with Crippen molar-refractivity contribution in [1.82, 2.24) is 5.32 Å². The van der Waals surface area contributed by atoms with Crippen molar-refractivity contribution in [3.8, 4) is 0 Å². The normalized spacial score (nSPS) is 11.3. The Bertz CT molecular complexity index is 419. The number of amides is 1. The number of nitrogen functional groups attached to an aromatic ring is 1. The van der Waals surface area contributed by atoms with E-state index in [1.165, 1.54) is 0 Å². The van der Waals surface area contributed by atoms with Gasteiger partial charge in [-0.1, -0.05) is 0 Å². The molecule has 0 unspecified atom stereocenters. The largest absolute Gasteiger partial charge is 0.399 e. The number of nitrogens with two attached hydrogens (primary N) is 1. The van der Waals surface area contributed by atoms with Crippen LogP contribution in [0, 0.1) is 0 Å². The van der Waals surface area contributed by atoms with Crippen LogP contribution in [-0.4, -0.2) is 25.2 Å². The summed E-state index contributed by atoms with van der Waals surface area (Å²) in [7, 11) is 1.60. The van der Waals surface area contributed by atoms with E-state index in [0.29, 0.717) is 17.9 Å². The number of hydrogen-bond acceptors (Lipinski definition) is 3. The maximum absolute atomic E-state index is 12.1. The Balaban J connectivity index is 2.86. The average Bonchev–Trinajstić information content (AvgIpc) is 2.20. The van der Waals surface area contributed by atoms with Gasteiger partial charge in [0, 0.05) is 17.3 Å². The van der Waals surface area contributed by atoms with Gasteiger partial charge < -0.3 is 15.8 Å². The van der Waals surface area contributed by atoms with E-state index in [1.54, 1.807) is 25.3 Å². The number of carbonyl (C=O) groups is 1. The lowest BCUT2D eigenvalue weighted by atomic mass is 10.1. The Hall–Kier alpha value is -1.07. The van der Waals surface area contributed by atoms with E-state index in [9.17, 15) is 4.79 Å². The summed E-state index contributed by atoms with van der Waals surface area (Å²) in [5.74, 6) is -0.175. The highest BCUT2D eigenvalue weighted by Gasteiger charge is 2.22. The topological polar surface area (TPSA) is 64.3 Å². The van der Waals surface area contributed by atoms with Crippen molar-refractivity contribution in [2.45, 2.75) is 19.4 Å². The van der Waals surface area contributed by atoms with E-state index >= 15 is 0 Å². The first kappa shape index (κ1) is 14.0. The molecule has 0 fully saturated rings. The molecule has 0 bridgehead atoms. The van der Waals surface area contributed by atoms with Crippen molar-refractivity contribution in [3.05, 3.63) is 28.2 Å². The van der Waals surface area contributed by atoms with Crippen LogP contribution in [0.15, 0.2) is 22.7 Å². The zero-order valence-electron chi connectivity index (χ0n) is 10.2. The summed E-state index contributed by atoms with van der Waals surface area (Å²) in [5, 5.41) is 2.89. The third-order valence-electron chi connectivity index (χ3n) is 2.19. The van der Waals surface area contributed by atoms with Crippen LogP contribution in [0.2, 0.25) is 0 Å². The predicted molar refractivity (Wildman–Crippen MR) is 72.0 cm³/mol. The number of hydrogen-bond donors (Lipinski definition) is 2. The van der Waals surface area contributed by atoms with Crippen LogP contribution in [0.3, 0.4) is 0 Å². The fourth-order valence-electron chi connectivity index (χ4n) is 1.49. The Morgan fingerprint density at radius 3 is 2.76 bits per heavy atom. The van der Waals surface area contributed by atoms with Gasteiger partial charge in [-0.25, -0.2) is 0 Å². The molecule has 1 amide bonds. The molecule has 0 aromatic heterocycles. The number of methoxy groups -OCH3 is 1. The summed E-state index contributed by atoms with van der Waals surface area (Å²) in [4.78, 5) is 12.1. The molecule has 3 N–H and O–H groups in total. The molecule has 1 aromatic rings. The average molecular weight is 301 g/mol. The maximum atomic E-state index is 12.1. The highest BCUT2D eigenvalue weighted by atomic mass is 79.9. The SMILES string of the molecule is COCC(C)(C)NC(=O)c1cc(N)ccc1Br. The van der Waals surface area contributed by atoms with Crippen LogP contribution in [0.4, 0.5) is 5.69 Å². The number of halogens is 1. The van der Waals surface area contributed by atoms with Gasteiger partial charge in [0.15, 0.2) is 0 Å². The van der Waals surface area contributed by atoms with Crippen molar-refractivity contribution in [2.75, 3.05) is 19.5 Å². The summed E-state index contributed by atoms with van der Waals surface area (Å²) in [6, 6.07) is 5.14. The monoisotopic (exact) mass is 300 g/mol. The van der Waals surface area contributed by atoms with E-state index in [0.717, 1.165) is 4.47 Å². The number of anilines is 1. The quantitative estimate of drug-likeness (QED) is 0.838. The van der Waals surface area contributed by atoms with Crippen LogP contribution < -0.4 is 11.1 Å². The van der Waals surface area contributed by atoms with Crippen molar-refractivity contribution >= 4 is 27.5 Å². The highest BCUT2D eigenvalue weighted by Crippen LogP contribution is 2.20. The van der Waals surface area contributed by atoms with Crippen molar-refractivity contribution in [1.29, 1.82) is 0 Å². The number of nitrogens with one attached hydrogen (secondary N) is 1. The van der Waals surface area contributed by atoms with Crippen LogP contribution in [0.1, 0.15) is 24.2 Å². The molecule has 0 aliphatic carbocycles. The molecule has 0 radical (unpaired) electrons. The van der Waals surface area contributed by atoms with Gasteiger partial charge in [-0.15, -0.1) is 0 Å². The standard InChI is InChI=1S/C12H17BrN2O2/c1-12(2,7-17-3)15-11(16)9-6-8(14)4-5-10(9)13/h4-6H,7,14H2,1-3H3,(H,15,16). The minimum Gasteiger partial charge on any atom is -0.399 e. The van der Waals surface area contributed by atoms with E-state index in [4.69, 9.17) is 10.5 Å². The first-order chi connectivity index (χ1) is 7.85. The Labute approximate surface area is 110 Å². The number of benzene rings is 1.